The van der Waals surface area contributed by atoms with E-state index >= 15 is 0 Å². The van der Waals surface area contributed by atoms with E-state index < -0.39 is 11.0 Å². The van der Waals surface area contributed by atoms with Gasteiger partial charge in [0.05, 0.1) is 17.6 Å². The number of nitro benzene ring substituents is 1. The van der Waals surface area contributed by atoms with Crippen molar-refractivity contribution in [3.8, 4) is 0 Å². The van der Waals surface area contributed by atoms with Crippen LogP contribution in [0.2, 0.25) is 0 Å². The lowest BCUT2D eigenvalue weighted by atomic mass is 10.1. The van der Waals surface area contributed by atoms with Crippen LogP contribution in [0.15, 0.2) is 24.3 Å². The molecule has 116 valence electrons. The third-order valence-corrected chi connectivity index (χ3v) is 2.81. The maximum Gasteiger partial charge on any atom is 0.269 e. The first kappa shape index (κ1) is 17.1. The number of rotatable bonds is 7. The lowest BCUT2D eigenvalue weighted by Gasteiger charge is -2.21. The van der Waals surface area contributed by atoms with Crippen LogP contribution in [0.25, 0.3) is 0 Å². The summed E-state index contributed by atoms with van der Waals surface area (Å²) in [5, 5.41) is 23.6. The molecule has 1 amide bonds. The third-order valence-electron chi connectivity index (χ3n) is 2.81. The first-order chi connectivity index (χ1) is 9.79. The highest BCUT2D eigenvalue weighted by Crippen LogP contribution is 2.19. The molecule has 1 aromatic rings. The molecule has 1 aromatic carbocycles. The molecule has 2 N–H and O–H groups in total. The van der Waals surface area contributed by atoms with Crippen molar-refractivity contribution in [2.45, 2.75) is 26.0 Å². The number of non-ortho nitro benzene ring substituents is 1. The second kappa shape index (κ2) is 7.70. The summed E-state index contributed by atoms with van der Waals surface area (Å²) in [6.07, 6.45) is -0.887. The Kier molecular flexibility index (Phi) is 6.26. The van der Waals surface area contributed by atoms with Crippen LogP contribution in [0.5, 0.6) is 0 Å². The van der Waals surface area contributed by atoms with Gasteiger partial charge in [-0.05, 0) is 26.5 Å². The lowest BCUT2D eigenvalue weighted by Crippen LogP contribution is -2.39. The fourth-order valence-corrected chi connectivity index (χ4v) is 1.92. The average molecular weight is 295 g/mol. The molecule has 0 saturated carbocycles. The van der Waals surface area contributed by atoms with Crippen LogP contribution < -0.4 is 5.32 Å². The fraction of sp³-hybridized carbons (Fsp3) is 0.500. The van der Waals surface area contributed by atoms with Gasteiger partial charge in [-0.25, -0.2) is 0 Å². The molecule has 1 unspecified atom stereocenters. The number of nitrogens with zero attached hydrogens (tertiary/aromatic N) is 2. The minimum Gasteiger partial charge on any atom is -0.387 e. The Labute approximate surface area is 123 Å². The Balaban J connectivity index is 2.60. The molecule has 0 aliphatic carbocycles. The molecule has 7 heteroatoms. The minimum absolute atomic E-state index is 0.0626. The molecule has 1 rings (SSSR count). The Morgan fingerprint density at radius 2 is 2.14 bits per heavy atom. The quantitative estimate of drug-likeness (QED) is 0.580. The molecular formula is C14H21N3O4. The zero-order valence-electron chi connectivity index (χ0n) is 12.4. The summed E-state index contributed by atoms with van der Waals surface area (Å²) in [6.45, 7) is 4.11. The molecule has 0 saturated heterocycles. The Morgan fingerprint density at radius 3 is 2.71 bits per heavy atom. The number of hydrogen-bond acceptors (Lipinski definition) is 5. The van der Waals surface area contributed by atoms with Gasteiger partial charge in [-0.1, -0.05) is 12.1 Å². The summed E-state index contributed by atoms with van der Waals surface area (Å²) in [4.78, 5) is 23.5. The Bertz CT molecular complexity index is 505. The topological polar surface area (TPSA) is 95.7 Å². The van der Waals surface area contributed by atoms with Gasteiger partial charge in [0.1, 0.15) is 0 Å². The van der Waals surface area contributed by atoms with E-state index in [2.05, 4.69) is 5.32 Å². The molecule has 1 atom stereocenters. The number of aliphatic hydroxyl groups is 1. The second-order valence-corrected chi connectivity index (χ2v) is 5.29. The van der Waals surface area contributed by atoms with Crippen molar-refractivity contribution < 1.29 is 14.8 Å². The molecule has 0 radical (unpaired) electrons. The lowest BCUT2D eigenvalue weighted by molar-refractivity contribution is -0.385. The van der Waals surface area contributed by atoms with Gasteiger partial charge in [0.2, 0.25) is 5.91 Å². The standard InChI is InChI=1S/C14H21N3O4/c1-10(2)15-14(19)9-16(3)8-13(18)11-5-4-6-12(7-11)17(20)21/h4-7,10,13,18H,8-9H2,1-3H3,(H,15,19). The smallest absolute Gasteiger partial charge is 0.269 e. The normalized spacial score (nSPS) is 12.5. The SMILES string of the molecule is CC(C)NC(=O)CN(C)CC(O)c1cccc([N+](=O)[O-])c1. The number of hydrogen-bond donors (Lipinski definition) is 2. The van der Waals surface area contributed by atoms with Crippen molar-refractivity contribution in [3.05, 3.63) is 39.9 Å². The van der Waals surface area contributed by atoms with E-state index in [1.54, 1.807) is 18.0 Å². The van der Waals surface area contributed by atoms with Gasteiger partial charge in [-0.2, -0.15) is 0 Å². The van der Waals surface area contributed by atoms with Crippen LogP contribution in [-0.4, -0.2) is 47.0 Å². The molecule has 0 aliphatic heterocycles. The molecule has 7 nitrogen and oxygen atoms in total. The maximum absolute atomic E-state index is 11.6. The predicted octanol–water partition coefficient (Wildman–Crippen LogP) is 1.08. The van der Waals surface area contributed by atoms with Crippen LogP contribution >= 0.6 is 0 Å². The Morgan fingerprint density at radius 1 is 1.48 bits per heavy atom. The van der Waals surface area contributed by atoms with E-state index in [9.17, 15) is 20.0 Å². The van der Waals surface area contributed by atoms with Crippen molar-refractivity contribution in [2.24, 2.45) is 0 Å². The largest absolute Gasteiger partial charge is 0.387 e. The van der Waals surface area contributed by atoms with Crippen LogP contribution in [0.1, 0.15) is 25.5 Å². The van der Waals surface area contributed by atoms with Gasteiger partial charge in [-0.15, -0.1) is 0 Å². The summed E-state index contributed by atoms with van der Waals surface area (Å²) < 4.78 is 0. The number of benzene rings is 1. The number of nitrogens with one attached hydrogen (secondary N) is 1. The zero-order chi connectivity index (χ0) is 16.0. The van der Waals surface area contributed by atoms with Crippen molar-refractivity contribution in [1.82, 2.24) is 10.2 Å². The highest BCUT2D eigenvalue weighted by atomic mass is 16.6. The van der Waals surface area contributed by atoms with Crippen molar-refractivity contribution >= 4 is 11.6 Å². The molecule has 0 spiro atoms. The number of carbonyl (C=O) groups excluding carboxylic acids is 1. The number of nitro groups is 1. The number of likely N-dealkylation sites (N-methyl/N-ethyl adjacent to an activating group) is 1. The summed E-state index contributed by atoms with van der Waals surface area (Å²) in [7, 11) is 1.71. The second-order valence-electron chi connectivity index (χ2n) is 5.29. The van der Waals surface area contributed by atoms with Gasteiger partial charge >= 0.3 is 0 Å². The van der Waals surface area contributed by atoms with E-state index in [0.717, 1.165) is 0 Å². The highest BCUT2D eigenvalue weighted by molar-refractivity contribution is 5.78. The summed E-state index contributed by atoms with van der Waals surface area (Å²) in [5.74, 6) is -0.126. The molecule has 0 fully saturated rings. The van der Waals surface area contributed by atoms with Crippen molar-refractivity contribution in [1.29, 1.82) is 0 Å². The monoisotopic (exact) mass is 295 g/mol. The molecular weight excluding hydrogens is 274 g/mol. The first-order valence-electron chi connectivity index (χ1n) is 6.70. The van der Waals surface area contributed by atoms with Gasteiger partial charge in [0, 0.05) is 24.7 Å². The first-order valence-corrected chi connectivity index (χ1v) is 6.70. The van der Waals surface area contributed by atoms with Crippen molar-refractivity contribution in [3.63, 3.8) is 0 Å². The molecule has 0 aliphatic rings. The van der Waals surface area contributed by atoms with Crippen LogP contribution in [-0.2, 0) is 4.79 Å². The van der Waals surface area contributed by atoms with Gasteiger partial charge in [0.15, 0.2) is 0 Å². The van der Waals surface area contributed by atoms with E-state index in [0.29, 0.717) is 5.56 Å². The Hall–Kier alpha value is -1.99. The fourth-order valence-electron chi connectivity index (χ4n) is 1.92. The third kappa shape index (κ3) is 5.88. The number of aliphatic hydroxyl groups excluding tert-OH is 1. The van der Waals surface area contributed by atoms with Gasteiger partial charge < -0.3 is 10.4 Å². The van der Waals surface area contributed by atoms with Crippen molar-refractivity contribution in [2.75, 3.05) is 20.1 Å². The number of amides is 1. The highest BCUT2D eigenvalue weighted by Gasteiger charge is 2.16. The molecule has 0 aromatic heterocycles. The maximum atomic E-state index is 11.6. The van der Waals surface area contributed by atoms with E-state index in [-0.39, 0.29) is 30.7 Å². The van der Waals surface area contributed by atoms with E-state index in [1.165, 1.54) is 18.2 Å². The summed E-state index contributed by atoms with van der Waals surface area (Å²) in [6, 6.07) is 5.93. The van der Waals surface area contributed by atoms with Crippen LogP contribution in [0.3, 0.4) is 0 Å². The molecule has 0 heterocycles. The summed E-state index contributed by atoms with van der Waals surface area (Å²) in [5.41, 5.74) is 0.395. The zero-order valence-corrected chi connectivity index (χ0v) is 12.4. The molecule has 21 heavy (non-hydrogen) atoms. The molecule has 0 bridgehead atoms. The van der Waals surface area contributed by atoms with Crippen LogP contribution in [0.4, 0.5) is 5.69 Å². The average Bonchev–Trinajstić information content (AvgIpc) is 2.37. The minimum atomic E-state index is -0.887. The van der Waals surface area contributed by atoms with Gasteiger partial charge in [-0.3, -0.25) is 19.8 Å². The van der Waals surface area contributed by atoms with Crippen LogP contribution in [0, 0.1) is 10.1 Å². The van der Waals surface area contributed by atoms with E-state index in [4.69, 9.17) is 0 Å². The van der Waals surface area contributed by atoms with E-state index in [1.807, 2.05) is 13.8 Å². The van der Waals surface area contributed by atoms with Gasteiger partial charge in [0.25, 0.3) is 5.69 Å². The number of carbonyl (C=O) groups is 1. The summed E-state index contributed by atoms with van der Waals surface area (Å²) >= 11 is 0. The predicted molar refractivity (Wildman–Crippen MR) is 78.8 cm³/mol.